The highest BCUT2D eigenvalue weighted by Gasteiger charge is 2.31. The average molecular weight is 561 g/mol. The van der Waals surface area contributed by atoms with E-state index in [0.29, 0.717) is 6.42 Å². The molecule has 11 nitrogen and oxygen atoms in total. The van der Waals surface area contributed by atoms with E-state index >= 15 is 0 Å². The first-order valence-corrected chi connectivity index (χ1v) is 13.6. The molecule has 0 aliphatic rings. The molecular formula is C30H36N6O5. The van der Waals surface area contributed by atoms with E-state index < -0.39 is 48.4 Å². The van der Waals surface area contributed by atoms with Gasteiger partial charge in [0, 0.05) is 40.6 Å². The Kier molecular flexibility index (Phi) is 9.41. The molecule has 2 heterocycles. The van der Waals surface area contributed by atoms with Crippen LogP contribution < -0.4 is 21.7 Å². The standard InChI is InChI=1S/C30H36N6O5/c1-3-17(2)27(30(41)34-16-26(37)38)36-29(40)25(13-19-15-33-24-11-7-5-9-21(19)24)35-28(39)22(31)12-18-14-32-23-10-6-4-8-20(18)23/h4-11,14-15,17,22,25,27,32-33H,3,12-13,16,31H2,1-2H3,(H,34,41)(H,35,39)(H,36,40)(H,37,38). The van der Waals surface area contributed by atoms with Crippen LogP contribution in [0.15, 0.2) is 60.9 Å². The van der Waals surface area contributed by atoms with Crippen molar-refractivity contribution in [2.24, 2.45) is 11.7 Å². The van der Waals surface area contributed by atoms with Crippen molar-refractivity contribution in [1.82, 2.24) is 25.9 Å². The van der Waals surface area contributed by atoms with E-state index in [1.54, 1.807) is 13.1 Å². The normalized spacial score (nSPS) is 14.2. The number of fused-ring (bicyclic) bond motifs is 2. The Morgan fingerprint density at radius 3 is 1.95 bits per heavy atom. The van der Waals surface area contributed by atoms with Gasteiger partial charge in [-0.15, -0.1) is 0 Å². The van der Waals surface area contributed by atoms with Crippen LogP contribution in [0.25, 0.3) is 21.8 Å². The molecule has 0 radical (unpaired) electrons. The molecule has 0 saturated carbocycles. The summed E-state index contributed by atoms with van der Waals surface area (Å²) in [5.74, 6) is -3.17. The minimum absolute atomic E-state index is 0.144. The summed E-state index contributed by atoms with van der Waals surface area (Å²) in [6.07, 6.45) is 4.56. The van der Waals surface area contributed by atoms with Gasteiger partial charge < -0.3 is 36.8 Å². The van der Waals surface area contributed by atoms with Gasteiger partial charge in [0.2, 0.25) is 17.7 Å². The number of H-pyrrole nitrogens is 2. The lowest BCUT2D eigenvalue weighted by molar-refractivity contribution is -0.139. The Morgan fingerprint density at radius 2 is 1.39 bits per heavy atom. The molecule has 2 aromatic carbocycles. The topological polar surface area (TPSA) is 182 Å². The van der Waals surface area contributed by atoms with E-state index in [1.165, 1.54) is 0 Å². The molecule has 4 aromatic rings. The first-order valence-electron chi connectivity index (χ1n) is 13.6. The minimum Gasteiger partial charge on any atom is -0.480 e. The number of aromatic nitrogens is 2. The lowest BCUT2D eigenvalue weighted by atomic mass is 9.97. The maximum absolute atomic E-state index is 13.7. The maximum atomic E-state index is 13.7. The fourth-order valence-electron chi connectivity index (χ4n) is 4.87. The summed E-state index contributed by atoms with van der Waals surface area (Å²) in [6.45, 7) is 3.08. The lowest BCUT2D eigenvalue weighted by Crippen LogP contribution is -2.58. The second kappa shape index (κ2) is 13.1. The molecule has 41 heavy (non-hydrogen) atoms. The summed E-state index contributed by atoms with van der Waals surface area (Å²) >= 11 is 0. The van der Waals surface area contributed by atoms with Crippen LogP contribution in [0.3, 0.4) is 0 Å². The van der Waals surface area contributed by atoms with Gasteiger partial charge in [-0.1, -0.05) is 56.7 Å². The zero-order chi connectivity index (χ0) is 29.5. The number of carboxylic acid groups (broad SMARTS) is 1. The fourth-order valence-corrected chi connectivity index (χ4v) is 4.87. The van der Waals surface area contributed by atoms with Gasteiger partial charge in [-0.3, -0.25) is 19.2 Å². The zero-order valence-corrected chi connectivity index (χ0v) is 23.1. The number of hydrogen-bond acceptors (Lipinski definition) is 5. The second-order valence-corrected chi connectivity index (χ2v) is 10.3. The smallest absolute Gasteiger partial charge is 0.322 e. The van der Waals surface area contributed by atoms with E-state index in [1.807, 2.05) is 61.7 Å². The number of carbonyl (C=O) groups excluding carboxylic acids is 3. The van der Waals surface area contributed by atoms with Crippen molar-refractivity contribution in [3.05, 3.63) is 72.1 Å². The van der Waals surface area contributed by atoms with Crippen LogP contribution in [0.1, 0.15) is 31.4 Å². The van der Waals surface area contributed by atoms with Crippen LogP contribution >= 0.6 is 0 Å². The molecule has 4 atom stereocenters. The molecule has 2 aromatic heterocycles. The van der Waals surface area contributed by atoms with Gasteiger partial charge in [0.1, 0.15) is 18.6 Å². The Hall–Kier alpha value is -4.64. The largest absolute Gasteiger partial charge is 0.480 e. The minimum atomic E-state index is -1.19. The van der Waals surface area contributed by atoms with E-state index in [9.17, 15) is 19.2 Å². The van der Waals surface area contributed by atoms with Crippen LogP contribution in [0.4, 0.5) is 0 Å². The quantitative estimate of drug-likeness (QED) is 0.131. The summed E-state index contributed by atoms with van der Waals surface area (Å²) in [6, 6.07) is 12.3. The highest BCUT2D eigenvalue weighted by molar-refractivity contribution is 5.95. The monoisotopic (exact) mass is 560 g/mol. The molecule has 0 saturated heterocycles. The Balaban J connectivity index is 1.55. The Morgan fingerprint density at radius 1 is 0.829 bits per heavy atom. The molecule has 11 heteroatoms. The number of carbonyl (C=O) groups is 4. The number of nitrogens with two attached hydrogens (primary N) is 1. The number of para-hydroxylation sites is 2. The molecule has 0 aliphatic heterocycles. The van der Waals surface area contributed by atoms with Crippen molar-refractivity contribution >= 4 is 45.5 Å². The summed E-state index contributed by atoms with van der Waals surface area (Å²) in [4.78, 5) is 57.1. The maximum Gasteiger partial charge on any atom is 0.322 e. The molecule has 216 valence electrons. The van der Waals surface area contributed by atoms with Crippen LogP contribution in [-0.4, -0.2) is 63.4 Å². The number of hydrogen-bond donors (Lipinski definition) is 7. The summed E-state index contributed by atoms with van der Waals surface area (Å²) < 4.78 is 0. The van der Waals surface area contributed by atoms with Crippen molar-refractivity contribution in [1.29, 1.82) is 0 Å². The molecule has 3 amide bonds. The van der Waals surface area contributed by atoms with Crippen molar-refractivity contribution in [2.45, 2.75) is 51.2 Å². The van der Waals surface area contributed by atoms with Crippen molar-refractivity contribution < 1.29 is 24.3 Å². The van der Waals surface area contributed by atoms with Crippen LogP contribution in [0.2, 0.25) is 0 Å². The molecular weight excluding hydrogens is 524 g/mol. The van der Waals surface area contributed by atoms with E-state index in [2.05, 4.69) is 25.9 Å². The molecule has 0 aliphatic carbocycles. The van der Waals surface area contributed by atoms with Gasteiger partial charge in [0.15, 0.2) is 0 Å². The highest BCUT2D eigenvalue weighted by Crippen LogP contribution is 2.21. The van der Waals surface area contributed by atoms with E-state index in [0.717, 1.165) is 32.9 Å². The van der Waals surface area contributed by atoms with Gasteiger partial charge in [-0.05, 0) is 35.6 Å². The lowest BCUT2D eigenvalue weighted by Gasteiger charge is -2.27. The van der Waals surface area contributed by atoms with Crippen molar-refractivity contribution in [3.63, 3.8) is 0 Å². The van der Waals surface area contributed by atoms with Crippen LogP contribution in [-0.2, 0) is 32.0 Å². The highest BCUT2D eigenvalue weighted by atomic mass is 16.4. The zero-order valence-electron chi connectivity index (χ0n) is 23.1. The first-order chi connectivity index (χ1) is 19.7. The van der Waals surface area contributed by atoms with Crippen molar-refractivity contribution in [3.8, 4) is 0 Å². The number of nitrogens with one attached hydrogen (secondary N) is 5. The first kappa shape index (κ1) is 29.3. The number of aromatic amines is 2. The summed E-state index contributed by atoms with van der Waals surface area (Å²) in [5.41, 5.74) is 9.82. The third kappa shape index (κ3) is 7.12. The number of rotatable bonds is 13. The molecule has 4 unspecified atom stereocenters. The van der Waals surface area contributed by atoms with Crippen LogP contribution in [0, 0.1) is 5.92 Å². The van der Waals surface area contributed by atoms with Gasteiger partial charge >= 0.3 is 5.97 Å². The number of amides is 3. The number of aliphatic carboxylic acids is 1. The molecule has 0 fully saturated rings. The molecule has 4 rings (SSSR count). The van der Waals surface area contributed by atoms with Gasteiger partial charge in [0.25, 0.3) is 0 Å². The van der Waals surface area contributed by atoms with Crippen LogP contribution in [0.5, 0.6) is 0 Å². The Bertz CT molecular complexity index is 1540. The van der Waals surface area contributed by atoms with Crippen molar-refractivity contribution in [2.75, 3.05) is 6.54 Å². The third-order valence-electron chi connectivity index (χ3n) is 7.39. The number of benzene rings is 2. The SMILES string of the molecule is CCC(C)C(NC(=O)C(Cc1c[nH]c2ccccc12)NC(=O)C(N)Cc1c[nH]c2ccccc12)C(=O)NCC(=O)O. The second-order valence-electron chi connectivity index (χ2n) is 10.3. The molecule has 8 N–H and O–H groups in total. The number of carboxylic acids is 1. The van der Waals surface area contributed by atoms with Gasteiger partial charge in [0.05, 0.1) is 6.04 Å². The summed E-state index contributed by atoms with van der Waals surface area (Å²) in [7, 11) is 0. The third-order valence-corrected chi connectivity index (χ3v) is 7.39. The van der Waals surface area contributed by atoms with E-state index in [-0.39, 0.29) is 18.8 Å². The van der Waals surface area contributed by atoms with Gasteiger partial charge in [-0.25, -0.2) is 0 Å². The van der Waals surface area contributed by atoms with E-state index in [4.69, 9.17) is 10.8 Å². The molecule has 0 bridgehead atoms. The predicted octanol–water partition coefficient (Wildman–Crippen LogP) is 1.98. The fraction of sp³-hybridized carbons (Fsp3) is 0.333. The Labute approximate surface area is 237 Å². The average Bonchev–Trinajstić information content (AvgIpc) is 3.57. The molecule has 0 spiro atoms. The summed E-state index contributed by atoms with van der Waals surface area (Å²) in [5, 5.41) is 18.7. The predicted molar refractivity (Wildman–Crippen MR) is 156 cm³/mol. The van der Waals surface area contributed by atoms with Gasteiger partial charge in [-0.2, -0.15) is 0 Å².